The first-order valence-electron chi connectivity index (χ1n) is 6.23. The summed E-state index contributed by atoms with van der Waals surface area (Å²) in [5.74, 6) is 0. The van der Waals surface area contributed by atoms with Gasteiger partial charge in [0.1, 0.15) is 0 Å². The van der Waals surface area contributed by atoms with E-state index in [1.807, 2.05) is 6.20 Å². The Morgan fingerprint density at radius 2 is 2.06 bits per heavy atom. The standard InChI is InChI=1S/C13H24N2S/c1-5-13(6-2,10-15-11(3)4)9-12-14-7-8-16-12/h7-8,11,15H,5-6,9-10H2,1-4H3. The molecule has 3 heteroatoms. The second-order valence-corrected chi connectivity index (χ2v) is 5.82. The van der Waals surface area contributed by atoms with Gasteiger partial charge in [0.2, 0.25) is 0 Å². The van der Waals surface area contributed by atoms with E-state index in [1.165, 1.54) is 17.8 Å². The van der Waals surface area contributed by atoms with Crippen molar-refractivity contribution in [3.8, 4) is 0 Å². The quantitative estimate of drug-likeness (QED) is 0.789. The highest BCUT2D eigenvalue weighted by Gasteiger charge is 2.27. The lowest BCUT2D eigenvalue weighted by Gasteiger charge is -2.32. The van der Waals surface area contributed by atoms with Crippen molar-refractivity contribution in [2.75, 3.05) is 6.54 Å². The second-order valence-electron chi connectivity index (χ2n) is 4.85. The van der Waals surface area contributed by atoms with Gasteiger partial charge in [-0.05, 0) is 18.3 Å². The normalized spacial score (nSPS) is 12.3. The Labute approximate surface area is 103 Å². The summed E-state index contributed by atoms with van der Waals surface area (Å²) < 4.78 is 0. The average Bonchev–Trinajstić information content (AvgIpc) is 2.77. The molecule has 0 aromatic carbocycles. The predicted octanol–water partition coefficient (Wildman–Crippen LogP) is 3.49. The molecule has 1 heterocycles. The fraction of sp³-hybridized carbons (Fsp3) is 0.769. The number of nitrogens with one attached hydrogen (secondary N) is 1. The molecule has 2 nitrogen and oxygen atoms in total. The summed E-state index contributed by atoms with van der Waals surface area (Å²) in [6.07, 6.45) is 5.44. The molecule has 0 aliphatic rings. The number of nitrogens with zero attached hydrogens (tertiary/aromatic N) is 1. The first-order valence-corrected chi connectivity index (χ1v) is 7.11. The van der Waals surface area contributed by atoms with Gasteiger partial charge in [-0.3, -0.25) is 0 Å². The van der Waals surface area contributed by atoms with E-state index < -0.39 is 0 Å². The molecule has 1 rings (SSSR count). The van der Waals surface area contributed by atoms with Crippen LogP contribution in [0.5, 0.6) is 0 Å². The van der Waals surface area contributed by atoms with Crippen LogP contribution in [-0.4, -0.2) is 17.6 Å². The van der Waals surface area contributed by atoms with Crippen molar-refractivity contribution in [1.82, 2.24) is 10.3 Å². The number of thiazole rings is 1. The molecule has 0 saturated heterocycles. The van der Waals surface area contributed by atoms with Crippen LogP contribution in [-0.2, 0) is 6.42 Å². The van der Waals surface area contributed by atoms with E-state index in [0.29, 0.717) is 11.5 Å². The molecule has 1 aromatic rings. The Kier molecular flexibility index (Phi) is 5.42. The molecule has 0 spiro atoms. The highest BCUT2D eigenvalue weighted by molar-refractivity contribution is 7.09. The third-order valence-corrected chi connectivity index (χ3v) is 4.17. The third kappa shape index (κ3) is 3.87. The van der Waals surface area contributed by atoms with Crippen LogP contribution in [0.4, 0.5) is 0 Å². The summed E-state index contributed by atoms with van der Waals surface area (Å²) in [6, 6.07) is 0.564. The molecule has 0 bridgehead atoms. The first-order chi connectivity index (χ1) is 7.62. The van der Waals surface area contributed by atoms with E-state index in [0.717, 1.165) is 13.0 Å². The largest absolute Gasteiger partial charge is 0.314 e. The lowest BCUT2D eigenvalue weighted by Crippen LogP contribution is -2.38. The van der Waals surface area contributed by atoms with Gasteiger partial charge in [0.25, 0.3) is 0 Å². The summed E-state index contributed by atoms with van der Waals surface area (Å²) in [5, 5.41) is 6.92. The van der Waals surface area contributed by atoms with Crippen LogP contribution in [0.3, 0.4) is 0 Å². The van der Waals surface area contributed by atoms with E-state index >= 15 is 0 Å². The zero-order chi connectivity index (χ0) is 12.0. The zero-order valence-corrected chi connectivity index (χ0v) is 11.7. The van der Waals surface area contributed by atoms with Crippen LogP contribution in [0.25, 0.3) is 0 Å². The van der Waals surface area contributed by atoms with Gasteiger partial charge in [0, 0.05) is 30.6 Å². The van der Waals surface area contributed by atoms with Crippen LogP contribution >= 0.6 is 11.3 Å². The minimum atomic E-state index is 0.377. The Bertz CT molecular complexity index is 276. The van der Waals surface area contributed by atoms with Crippen molar-refractivity contribution in [2.24, 2.45) is 5.41 Å². The molecule has 0 fully saturated rings. The Balaban J connectivity index is 2.63. The minimum Gasteiger partial charge on any atom is -0.314 e. The number of hydrogen-bond donors (Lipinski definition) is 1. The molecular formula is C13H24N2S. The highest BCUT2D eigenvalue weighted by atomic mass is 32.1. The zero-order valence-electron chi connectivity index (χ0n) is 10.9. The van der Waals surface area contributed by atoms with Crippen LogP contribution in [0.1, 0.15) is 45.5 Å². The minimum absolute atomic E-state index is 0.377. The molecule has 0 atom stereocenters. The van der Waals surface area contributed by atoms with Crippen molar-refractivity contribution in [3.05, 3.63) is 16.6 Å². The fourth-order valence-electron chi connectivity index (χ4n) is 1.89. The van der Waals surface area contributed by atoms with Crippen LogP contribution in [0.2, 0.25) is 0 Å². The summed E-state index contributed by atoms with van der Waals surface area (Å²) >= 11 is 1.78. The summed E-state index contributed by atoms with van der Waals surface area (Å²) in [7, 11) is 0. The third-order valence-electron chi connectivity index (χ3n) is 3.40. The monoisotopic (exact) mass is 240 g/mol. The maximum atomic E-state index is 4.41. The van der Waals surface area contributed by atoms with E-state index in [9.17, 15) is 0 Å². The molecular weight excluding hydrogens is 216 g/mol. The molecule has 0 unspecified atom stereocenters. The number of hydrogen-bond acceptors (Lipinski definition) is 3. The topological polar surface area (TPSA) is 24.9 Å². The smallest absolute Gasteiger partial charge is 0.0930 e. The Hall–Kier alpha value is -0.410. The summed E-state index contributed by atoms with van der Waals surface area (Å²) in [5.41, 5.74) is 0.377. The van der Waals surface area contributed by atoms with E-state index in [2.05, 4.69) is 43.4 Å². The lowest BCUT2D eigenvalue weighted by atomic mass is 9.79. The van der Waals surface area contributed by atoms with Crippen LogP contribution in [0.15, 0.2) is 11.6 Å². The van der Waals surface area contributed by atoms with Crippen molar-refractivity contribution in [3.63, 3.8) is 0 Å². The first kappa shape index (κ1) is 13.7. The molecule has 1 aromatic heterocycles. The predicted molar refractivity (Wildman–Crippen MR) is 72.0 cm³/mol. The van der Waals surface area contributed by atoms with Gasteiger partial charge in [-0.1, -0.05) is 27.7 Å². The van der Waals surface area contributed by atoms with Crippen LogP contribution < -0.4 is 5.32 Å². The average molecular weight is 240 g/mol. The van der Waals surface area contributed by atoms with E-state index in [-0.39, 0.29) is 0 Å². The van der Waals surface area contributed by atoms with Crippen molar-refractivity contribution >= 4 is 11.3 Å². The lowest BCUT2D eigenvalue weighted by molar-refractivity contribution is 0.239. The Morgan fingerprint density at radius 1 is 1.38 bits per heavy atom. The molecule has 0 aliphatic carbocycles. The molecule has 0 saturated carbocycles. The number of rotatable bonds is 7. The van der Waals surface area contributed by atoms with E-state index in [4.69, 9.17) is 0 Å². The maximum Gasteiger partial charge on any atom is 0.0930 e. The van der Waals surface area contributed by atoms with Gasteiger partial charge in [0.15, 0.2) is 0 Å². The second kappa shape index (κ2) is 6.36. The summed E-state index contributed by atoms with van der Waals surface area (Å²) in [6.45, 7) is 10.1. The fourth-order valence-corrected chi connectivity index (χ4v) is 2.68. The van der Waals surface area contributed by atoms with Gasteiger partial charge in [-0.2, -0.15) is 0 Å². The maximum absolute atomic E-state index is 4.41. The van der Waals surface area contributed by atoms with Gasteiger partial charge in [0.05, 0.1) is 5.01 Å². The molecule has 0 aliphatic heterocycles. The van der Waals surface area contributed by atoms with E-state index in [1.54, 1.807) is 11.3 Å². The molecule has 0 radical (unpaired) electrons. The molecule has 1 N–H and O–H groups in total. The molecule has 92 valence electrons. The molecule has 0 amide bonds. The van der Waals surface area contributed by atoms with Gasteiger partial charge < -0.3 is 5.32 Å². The van der Waals surface area contributed by atoms with Gasteiger partial charge in [-0.25, -0.2) is 4.98 Å². The van der Waals surface area contributed by atoms with Crippen LogP contribution in [0, 0.1) is 5.41 Å². The van der Waals surface area contributed by atoms with Gasteiger partial charge >= 0.3 is 0 Å². The van der Waals surface area contributed by atoms with Crippen molar-refractivity contribution in [2.45, 2.75) is 53.0 Å². The van der Waals surface area contributed by atoms with Gasteiger partial charge in [-0.15, -0.1) is 11.3 Å². The Morgan fingerprint density at radius 3 is 2.50 bits per heavy atom. The number of aromatic nitrogens is 1. The SMILES string of the molecule is CCC(CC)(CNC(C)C)Cc1nccs1. The highest BCUT2D eigenvalue weighted by Crippen LogP contribution is 2.31. The molecule has 16 heavy (non-hydrogen) atoms. The van der Waals surface area contributed by atoms with Crippen molar-refractivity contribution < 1.29 is 0 Å². The summed E-state index contributed by atoms with van der Waals surface area (Å²) in [4.78, 5) is 4.41. The van der Waals surface area contributed by atoms with Crippen molar-refractivity contribution in [1.29, 1.82) is 0 Å².